The van der Waals surface area contributed by atoms with Crippen LogP contribution in [0.25, 0.3) is 0 Å². The number of ether oxygens (including phenoxy) is 2. The molecule has 0 aliphatic heterocycles. The zero-order valence-corrected chi connectivity index (χ0v) is 14.8. The molecule has 0 unspecified atom stereocenters. The van der Waals surface area contributed by atoms with Gasteiger partial charge in [0.25, 0.3) is 0 Å². The second-order valence-electron chi connectivity index (χ2n) is 3.81. The van der Waals surface area contributed by atoms with Gasteiger partial charge in [-0.1, -0.05) is 31.9 Å². The number of esters is 2. The quantitative estimate of drug-likeness (QED) is 0.562. The molecule has 0 aliphatic carbocycles. The van der Waals surface area contributed by atoms with Gasteiger partial charge >= 0.3 is 11.9 Å². The molecule has 0 atom stereocenters. The van der Waals surface area contributed by atoms with E-state index in [0.29, 0.717) is 5.69 Å². The predicted molar refractivity (Wildman–Crippen MR) is 86.8 cm³/mol. The smallest absolute Gasteiger partial charge is 0.355 e. The molecular formula is C14H15Br2NO4. The summed E-state index contributed by atoms with van der Waals surface area (Å²) in [4.78, 5) is 23.4. The Morgan fingerprint density at radius 2 is 1.67 bits per heavy atom. The number of rotatable bonds is 6. The molecule has 0 radical (unpaired) electrons. The van der Waals surface area contributed by atoms with Crippen LogP contribution in [0.15, 0.2) is 38.9 Å². The van der Waals surface area contributed by atoms with E-state index in [9.17, 15) is 9.59 Å². The van der Waals surface area contributed by atoms with Crippen LogP contribution in [0.1, 0.15) is 13.8 Å². The number of benzene rings is 1. The van der Waals surface area contributed by atoms with Gasteiger partial charge in [-0.2, -0.15) is 0 Å². The van der Waals surface area contributed by atoms with E-state index < -0.39 is 11.9 Å². The number of nitrogens with one attached hydrogen (secondary N) is 1. The van der Waals surface area contributed by atoms with Crippen molar-refractivity contribution < 1.29 is 19.1 Å². The van der Waals surface area contributed by atoms with Crippen molar-refractivity contribution in [1.29, 1.82) is 0 Å². The van der Waals surface area contributed by atoms with Crippen molar-refractivity contribution in [3.8, 4) is 0 Å². The summed E-state index contributed by atoms with van der Waals surface area (Å²) in [5.74, 6) is -1.23. The van der Waals surface area contributed by atoms with Crippen LogP contribution in [0, 0.1) is 0 Å². The first-order chi connectivity index (χ1) is 9.96. The molecule has 0 bridgehead atoms. The van der Waals surface area contributed by atoms with Gasteiger partial charge in [-0.05, 0) is 32.0 Å². The van der Waals surface area contributed by atoms with E-state index in [1.807, 2.05) is 6.07 Å². The summed E-state index contributed by atoms with van der Waals surface area (Å²) in [6.07, 6.45) is 1.08. The molecule has 1 N–H and O–H groups in total. The third-order valence-electron chi connectivity index (χ3n) is 2.19. The molecule has 1 aromatic carbocycles. The zero-order chi connectivity index (χ0) is 15.8. The summed E-state index contributed by atoms with van der Waals surface area (Å²) in [6.45, 7) is 3.82. The highest BCUT2D eigenvalue weighted by molar-refractivity contribution is 9.11. The fourth-order valence-corrected chi connectivity index (χ4v) is 2.73. The van der Waals surface area contributed by atoms with Crippen LogP contribution in [-0.2, 0) is 19.1 Å². The van der Waals surface area contributed by atoms with Gasteiger partial charge in [0.2, 0.25) is 0 Å². The lowest BCUT2D eigenvalue weighted by atomic mass is 10.3. The maximum atomic E-state index is 11.9. The van der Waals surface area contributed by atoms with E-state index in [1.165, 1.54) is 0 Å². The first kappa shape index (κ1) is 17.7. The van der Waals surface area contributed by atoms with E-state index in [4.69, 9.17) is 9.47 Å². The average molecular weight is 421 g/mol. The fourth-order valence-electron chi connectivity index (χ4n) is 1.44. The van der Waals surface area contributed by atoms with Gasteiger partial charge in [-0.15, -0.1) is 0 Å². The van der Waals surface area contributed by atoms with Crippen molar-refractivity contribution in [2.75, 3.05) is 18.5 Å². The van der Waals surface area contributed by atoms with Crippen molar-refractivity contribution in [2.24, 2.45) is 0 Å². The summed E-state index contributed by atoms with van der Waals surface area (Å²) in [6, 6.07) is 5.39. The normalized spacial score (nSPS) is 11.0. The van der Waals surface area contributed by atoms with Gasteiger partial charge in [0, 0.05) is 14.6 Å². The van der Waals surface area contributed by atoms with Crippen molar-refractivity contribution in [3.63, 3.8) is 0 Å². The van der Waals surface area contributed by atoms with Crippen molar-refractivity contribution in [3.05, 3.63) is 38.9 Å². The highest BCUT2D eigenvalue weighted by Gasteiger charge is 2.14. The Morgan fingerprint density at radius 1 is 1.10 bits per heavy atom. The molecule has 0 saturated carbocycles. The SMILES string of the molecule is CCOC(=O)/C=C(/Nc1cc(Br)cc(Br)c1)C(=O)OCC. The minimum absolute atomic E-state index is 0.0142. The van der Waals surface area contributed by atoms with E-state index in [2.05, 4.69) is 37.2 Å². The van der Waals surface area contributed by atoms with Gasteiger partial charge < -0.3 is 14.8 Å². The van der Waals surface area contributed by atoms with Crippen LogP contribution in [0.3, 0.4) is 0 Å². The molecule has 114 valence electrons. The van der Waals surface area contributed by atoms with Gasteiger partial charge in [-0.25, -0.2) is 9.59 Å². The van der Waals surface area contributed by atoms with Crippen LogP contribution in [0.4, 0.5) is 5.69 Å². The van der Waals surface area contributed by atoms with E-state index >= 15 is 0 Å². The predicted octanol–water partition coefficient (Wildman–Crippen LogP) is 3.63. The molecule has 0 aliphatic rings. The Labute approximate surface area is 139 Å². The van der Waals surface area contributed by atoms with E-state index in [0.717, 1.165) is 15.0 Å². The molecule has 0 spiro atoms. The summed E-state index contributed by atoms with van der Waals surface area (Å²) in [7, 11) is 0. The van der Waals surface area contributed by atoms with Crippen LogP contribution < -0.4 is 5.32 Å². The molecule has 0 amide bonds. The van der Waals surface area contributed by atoms with Crippen molar-refractivity contribution in [1.82, 2.24) is 0 Å². The zero-order valence-electron chi connectivity index (χ0n) is 11.6. The second kappa shape index (κ2) is 8.84. The molecule has 0 heterocycles. The molecule has 1 rings (SSSR count). The third kappa shape index (κ3) is 6.31. The van der Waals surface area contributed by atoms with E-state index in [-0.39, 0.29) is 18.9 Å². The number of anilines is 1. The monoisotopic (exact) mass is 419 g/mol. The van der Waals surface area contributed by atoms with Crippen LogP contribution >= 0.6 is 31.9 Å². The van der Waals surface area contributed by atoms with Gasteiger partial charge in [-0.3, -0.25) is 0 Å². The number of hydrogen-bond acceptors (Lipinski definition) is 5. The molecule has 0 fully saturated rings. The minimum atomic E-state index is -0.623. The van der Waals surface area contributed by atoms with Crippen LogP contribution in [0.5, 0.6) is 0 Å². The first-order valence-electron chi connectivity index (χ1n) is 6.25. The molecule has 0 saturated heterocycles. The lowest BCUT2D eigenvalue weighted by Gasteiger charge is -2.11. The maximum Gasteiger partial charge on any atom is 0.355 e. The second-order valence-corrected chi connectivity index (χ2v) is 5.65. The van der Waals surface area contributed by atoms with Crippen LogP contribution in [0.2, 0.25) is 0 Å². The lowest BCUT2D eigenvalue weighted by Crippen LogP contribution is -2.17. The molecule has 5 nitrogen and oxygen atoms in total. The number of halogens is 2. The standard InChI is InChI=1S/C14H15Br2NO4/c1-3-20-13(18)8-12(14(19)21-4-2)17-11-6-9(15)5-10(16)7-11/h5-8,17H,3-4H2,1-2H3/b12-8+. The highest BCUT2D eigenvalue weighted by atomic mass is 79.9. The lowest BCUT2D eigenvalue weighted by molar-refractivity contribution is -0.140. The fraction of sp³-hybridized carbons (Fsp3) is 0.286. The van der Waals surface area contributed by atoms with Crippen LogP contribution in [-0.4, -0.2) is 25.2 Å². The Bertz CT molecular complexity index is 538. The third-order valence-corrected chi connectivity index (χ3v) is 3.10. The summed E-state index contributed by atoms with van der Waals surface area (Å²) >= 11 is 6.70. The molecule has 7 heteroatoms. The summed E-state index contributed by atoms with van der Waals surface area (Å²) in [5.41, 5.74) is 0.639. The van der Waals surface area contributed by atoms with Gasteiger partial charge in [0.05, 0.1) is 19.3 Å². The van der Waals surface area contributed by atoms with Crippen molar-refractivity contribution in [2.45, 2.75) is 13.8 Å². The summed E-state index contributed by atoms with van der Waals surface area (Å²) in [5, 5.41) is 2.86. The topological polar surface area (TPSA) is 64.6 Å². The van der Waals surface area contributed by atoms with Gasteiger partial charge in [0.15, 0.2) is 0 Å². The largest absolute Gasteiger partial charge is 0.463 e. The number of carbonyl (C=O) groups excluding carboxylic acids is 2. The van der Waals surface area contributed by atoms with Crippen molar-refractivity contribution >= 4 is 49.5 Å². The Morgan fingerprint density at radius 3 is 2.19 bits per heavy atom. The molecule has 0 aromatic heterocycles. The molecule has 1 aromatic rings. The first-order valence-corrected chi connectivity index (χ1v) is 7.83. The molecular weight excluding hydrogens is 406 g/mol. The Hall–Kier alpha value is -1.34. The molecule has 21 heavy (non-hydrogen) atoms. The van der Waals surface area contributed by atoms with Gasteiger partial charge in [0.1, 0.15) is 5.70 Å². The number of hydrogen-bond donors (Lipinski definition) is 1. The Kier molecular flexibility index (Phi) is 7.45. The summed E-state index contributed by atoms with van der Waals surface area (Å²) < 4.78 is 11.4. The van der Waals surface area contributed by atoms with E-state index in [1.54, 1.807) is 26.0 Å². The minimum Gasteiger partial charge on any atom is -0.463 e. The average Bonchev–Trinajstić information content (AvgIpc) is 2.37. The highest BCUT2D eigenvalue weighted by Crippen LogP contribution is 2.24. The Balaban J connectivity index is 3.01. The maximum absolute atomic E-state index is 11.9. The number of carbonyl (C=O) groups is 2.